The van der Waals surface area contributed by atoms with Gasteiger partial charge in [-0.25, -0.2) is 0 Å². The Kier molecular flexibility index (Phi) is 5.41. The molecule has 0 aliphatic heterocycles. The van der Waals surface area contributed by atoms with E-state index in [0.29, 0.717) is 0 Å². The summed E-state index contributed by atoms with van der Waals surface area (Å²) >= 11 is 0. The van der Waals surface area contributed by atoms with Gasteiger partial charge in [-0.3, -0.25) is 9.59 Å². The van der Waals surface area contributed by atoms with Crippen LogP contribution in [0.5, 0.6) is 5.75 Å². The number of nitrogens with one attached hydrogen (secondary N) is 1. The Morgan fingerprint density at radius 2 is 1.95 bits per heavy atom. The molecule has 0 spiro atoms. The van der Waals surface area contributed by atoms with Crippen molar-refractivity contribution in [2.75, 3.05) is 0 Å². The van der Waals surface area contributed by atoms with Gasteiger partial charge >= 0.3 is 6.61 Å². The van der Waals surface area contributed by atoms with E-state index in [2.05, 4.69) is 10.1 Å². The Labute approximate surface area is 109 Å². The second-order valence-corrected chi connectivity index (χ2v) is 3.89. The summed E-state index contributed by atoms with van der Waals surface area (Å²) < 4.78 is 28.7. The van der Waals surface area contributed by atoms with Gasteiger partial charge in [0, 0.05) is 6.42 Å². The first kappa shape index (κ1) is 15.1. The van der Waals surface area contributed by atoms with Gasteiger partial charge in [0.05, 0.1) is 11.6 Å². The second kappa shape index (κ2) is 6.82. The topological polar surface area (TPSA) is 55.4 Å². The number of carbonyl (C=O) groups excluding carboxylic acids is 2. The third-order valence-corrected chi connectivity index (χ3v) is 2.53. The summed E-state index contributed by atoms with van der Waals surface area (Å²) in [5.74, 6) is -0.975. The van der Waals surface area contributed by atoms with Crippen LogP contribution in [0.25, 0.3) is 0 Å². The van der Waals surface area contributed by atoms with Gasteiger partial charge in [0.2, 0.25) is 0 Å². The van der Waals surface area contributed by atoms with Crippen molar-refractivity contribution in [3.8, 4) is 5.75 Å². The first-order valence-electron chi connectivity index (χ1n) is 5.83. The van der Waals surface area contributed by atoms with Crippen molar-refractivity contribution in [3.63, 3.8) is 0 Å². The van der Waals surface area contributed by atoms with Crippen molar-refractivity contribution < 1.29 is 23.1 Å². The van der Waals surface area contributed by atoms with E-state index in [1.54, 1.807) is 13.8 Å². The van der Waals surface area contributed by atoms with Crippen LogP contribution >= 0.6 is 0 Å². The molecular formula is C13H15F2NO3. The summed E-state index contributed by atoms with van der Waals surface area (Å²) in [7, 11) is 0. The van der Waals surface area contributed by atoms with Gasteiger partial charge in [0.25, 0.3) is 5.91 Å². The van der Waals surface area contributed by atoms with Crippen LogP contribution in [-0.2, 0) is 4.79 Å². The fraction of sp³-hybridized carbons (Fsp3) is 0.385. The fourth-order valence-corrected chi connectivity index (χ4v) is 1.51. The van der Waals surface area contributed by atoms with Crippen molar-refractivity contribution in [3.05, 3.63) is 29.8 Å². The molecule has 0 bridgehead atoms. The third-order valence-electron chi connectivity index (χ3n) is 2.53. The predicted octanol–water partition coefficient (Wildman–Crippen LogP) is 2.39. The fourth-order valence-electron chi connectivity index (χ4n) is 1.51. The maximum atomic E-state index is 12.2. The van der Waals surface area contributed by atoms with Crippen LogP contribution in [0.4, 0.5) is 8.78 Å². The van der Waals surface area contributed by atoms with Gasteiger partial charge < -0.3 is 10.1 Å². The molecule has 0 aromatic heterocycles. The zero-order valence-corrected chi connectivity index (χ0v) is 10.7. The monoisotopic (exact) mass is 271 g/mol. The molecule has 0 fully saturated rings. The predicted molar refractivity (Wildman–Crippen MR) is 65.3 cm³/mol. The molecule has 104 valence electrons. The molecule has 1 amide bonds. The largest absolute Gasteiger partial charge is 0.434 e. The Morgan fingerprint density at radius 1 is 1.32 bits per heavy atom. The van der Waals surface area contributed by atoms with Gasteiger partial charge in [-0.2, -0.15) is 8.78 Å². The first-order chi connectivity index (χ1) is 8.95. The van der Waals surface area contributed by atoms with Gasteiger partial charge in [-0.1, -0.05) is 19.1 Å². The highest BCUT2D eigenvalue weighted by Gasteiger charge is 2.19. The number of rotatable bonds is 6. The van der Waals surface area contributed by atoms with E-state index >= 15 is 0 Å². The molecule has 0 saturated heterocycles. The molecule has 6 heteroatoms. The minimum absolute atomic E-state index is 0.0291. The number of Topliss-reactive ketones (excluding diaryl/α,β-unsaturated/α-hetero) is 1. The Balaban J connectivity index is 2.84. The van der Waals surface area contributed by atoms with E-state index in [-0.39, 0.29) is 23.5 Å². The van der Waals surface area contributed by atoms with Gasteiger partial charge in [0.15, 0.2) is 5.78 Å². The minimum atomic E-state index is -3.01. The summed E-state index contributed by atoms with van der Waals surface area (Å²) in [5, 5.41) is 2.45. The number of hydrogen-bond acceptors (Lipinski definition) is 3. The molecule has 0 aliphatic rings. The zero-order valence-electron chi connectivity index (χ0n) is 10.7. The molecule has 1 aromatic carbocycles. The average molecular weight is 271 g/mol. The molecule has 1 atom stereocenters. The van der Waals surface area contributed by atoms with Crippen LogP contribution in [-0.4, -0.2) is 24.3 Å². The molecule has 0 radical (unpaired) electrons. The van der Waals surface area contributed by atoms with Crippen molar-refractivity contribution in [1.82, 2.24) is 5.32 Å². The number of ketones is 1. The number of benzene rings is 1. The molecule has 1 N–H and O–H groups in total. The lowest BCUT2D eigenvalue weighted by Gasteiger charge is -2.14. The van der Waals surface area contributed by atoms with Crippen molar-refractivity contribution in [2.24, 2.45) is 0 Å². The Bertz CT molecular complexity index is 463. The van der Waals surface area contributed by atoms with Crippen LogP contribution in [0.3, 0.4) is 0 Å². The van der Waals surface area contributed by atoms with Crippen LogP contribution < -0.4 is 10.1 Å². The summed E-state index contributed by atoms with van der Waals surface area (Å²) in [6.07, 6.45) is 0.288. The number of amides is 1. The van der Waals surface area contributed by atoms with E-state index < -0.39 is 18.6 Å². The number of hydrogen-bond donors (Lipinski definition) is 1. The van der Waals surface area contributed by atoms with Gasteiger partial charge in [-0.05, 0) is 19.1 Å². The lowest BCUT2D eigenvalue weighted by molar-refractivity contribution is -0.120. The molecule has 0 heterocycles. The summed E-state index contributed by atoms with van der Waals surface area (Å²) in [6, 6.07) is 4.97. The number of ether oxygens (including phenoxy) is 1. The maximum absolute atomic E-state index is 12.2. The highest BCUT2D eigenvalue weighted by atomic mass is 19.3. The summed E-state index contributed by atoms with van der Waals surface area (Å²) in [5.41, 5.74) is -0.0291. The Morgan fingerprint density at radius 3 is 2.53 bits per heavy atom. The van der Waals surface area contributed by atoms with Crippen molar-refractivity contribution >= 4 is 11.7 Å². The lowest BCUT2D eigenvalue weighted by atomic mass is 10.1. The van der Waals surface area contributed by atoms with Gasteiger partial charge in [-0.15, -0.1) is 0 Å². The molecular weight excluding hydrogens is 256 g/mol. The second-order valence-electron chi connectivity index (χ2n) is 3.89. The van der Waals surface area contributed by atoms with Crippen LogP contribution in [0.2, 0.25) is 0 Å². The number of halogens is 2. The minimum Gasteiger partial charge on any atom is -0.434 e. The molecule has 0 saturated carbocycles. The molecule has 1 aromatic rings. The maximum Gasteiger partial charge on any atom is 0.387 e. The van der Waals surface area contributed by atoms with E-state index in [0.717, 1.165) is 0 Å². The standard InChI is InChI=1S/C13H15F2NO3/c1-3-10(17)8(2)16-12(18)9-6-4-5-7-11(9)19-13(14)15/h4-8,13H,3H2,1-2H3,(H,16,18). The van der Waals surface area contributed by atoms with E-state index in [4.69, 9.17) is 0 Å². The first-order valence-corrected chi connectivity index (χ1v) is 5.83. The average Bonchev–Trinajstić information content (AvgIpc) is 2.37. The molecule has 1 unspecified atom stereocenters. The zero-order chi connectivity index (χ0) is 14.4. The molecule has 4 nitrogen and oxygen atoms in total. The number of para-hydroxylation sites is 1. The molecule has 1 rings (SSSR count). The quantitative estimate of drug-likeness (QED) is 0.864. The van der Waals surface area contributed by atoms with Crippen molar-refractivity contribution in [2.45, 2.75) is 32.9 Å². The highest BCUT2D eigenvalue weighted by Crippen LogP contribution is 2.20. The van der Waals surface area contributed by atoms with E-state index in [9.17, 15) is 18.4 Å². The van der Waals surface area contributed by atoms with E-state index in [1.165, 1.54) is 24.3 Å². The number of alkyl halides is 2. The van der Waals surface area contributed by atoms with Crippen LogP contribution in [0, 0.1) is 0 Å². The highest BCUT2D eigenvalue weighted by molar-refractivity contribution is 5.99. The smallest absolute Gasteiger partial charge is 0.387 e. The summed E-state index contributed by atoms with van der Waals surface area (Å²) in [4.78, 5) is 23.3. The van der Waals surface area contributed by atoms with Crippen LogP contribution in [0.1, 0.15) is 30.6 Å². The molecule has 0 aliphatic carbocycles. The third kappa shape index (κ3) is 4.31. The lowest BCUT2D eigenvalue weighted by Crippen LogP contribution is -2.38. The van der Waals surface area contributed by atoms with Gasteiger partial charge in [0.1, 0.15) is 5.75 Å². The summed E-state index contributed by atoms with van der Waals surface area (Å²) in [6.45, 7) is 0.211. The van der Waals surface area contributed by atoms with Crippen LogP contribution in [0.15, 0.2) is 24.3 Å². The SMILES string of the molecule is CCC(=O)C(C)NC(=O)c1ccccc1OC(F)F. The Hall–Kier alpha value is -1.98. The van der Waals surface area contributed by atoms with Crippen molar-refractivity contribution in [1.29, 1.82) is 0 Å². The number of carbonyl (C=O) groups is 2. The molecule has 19 heavy (non-hydrogen) atoms. The normalized spacial score (nSPS) is 12.1. The van der Waals surface area contributed by atoms with E-state index in [1.807, 2.05) is 0 Å².